The molecule has 9 nitrogen and oxygen atoms in total. The Balaban J connectivity index is 0.00000118. The lowest BCUT2D eigenvalue weighted by Crippen LogP contribution is -2.59. The number of aromatic nitrogens is 2. The third kappa shape index (κ3) is 5.67. The zero-order valence-corrected chi connectivity index (χ0v) is 23.5. The Bertz CT molecular complexity index is 1610. The van der Waals surface area contributed by atoms with Crippen molar-refractivity contribution in [3.63, 3.8) is 0 Å². The minimum Gasteiger partial charge on any atom is -0.340 e. The zero-order chi connectivity index (χ0) is 30.9. The van der Waals surface area contributed by atoms with Crippen molar-refractivity contribution >= 4 is 23.5 Å². The van der Waals surface area contributed by atoms with E-state index in [0.717, 1.165) is 21.6 Å². The molecule has 1 aliphatic carbocycles. The van der Waals surface area contributed by atoms with Crippen LogP contribution in [0.15, 0.2) is 60.9 Å². The molecule has 3 amide bonds. The van der Waals surface area contributed by atoms with E-state index in [1.165, 1.54) is 13.1 Å². The molecule has 3 aromatic rings. The van der Waals surface area contributed by atoms with E-state index in [9.17, 15) is 27.6 Å². The number of nitrogens with one attached hydrogen (secondary N) is 2. The van der Waals surface area contributed by atoms with E-state index in [1.807, 2.05) is 24.3 Å². The van der Waals surface area contributed by atoms with Crippen LogP contribution >= 0.6 is 0 Å². The molecule has 6 rings (SSSR count). The quantitative estimate of drug-likeness (QED) is 0.472. The number of amides is 3. The number of hydrogen-bond donors (Lipinski definition) is 2. The van der Waals surface area contributed by atoms with Crippen LogP contribution in [-0.4, -0.2) is 57.4 Å². The number of nitriles is 1. The van der Waals surface area contributed by atoms with Gasteiger partial charge in [0.2, 0.25) is 11.8 Å². The number of hydrogen-bond acceptors (Lipinski definition) is 6. The number of anilines is 1. The molecule has 12 heteroatoms. The van der Waals surface area contributed by atoms with Gasteiger partial charge in [-0.15, -0.1) is 0 Å². The summed E-state index contributed by atoms with van der Waals surface area (Å²) in [5.41, 5.74) is 2.30. The van der Waals surface area contributed by atoms with Crippen LogP contribution in [0.3, 0.4) is 0 Å². The molecular formula is C31H29F3N6O3. The van der Waals surface area contributed by atoms with Gasteiger partial charge in [-0.25, -0.2) is 4.98 Å². The van der Waals surface area contributed by atoms with Crippen molar-refractivity contribution in [3.8, 4) is 6.07 Å². The van der Waals surface area contributed by atoms with Gasteiger partial charge in [-0.3, -0.25) is 19.4 Å². The maximum atomic E-state index is 13.4. The Morgan fingerprint density at radius 2 is 1.88 bits per heavy atom. The van der Waals surface area contributed by atoms with Gasteiger partial charge in [0.15, 0.2) is 0 Å². The highest BCUT2D eigenvalue weighted by atomic mass is 19.4. The molecule has 0 bridgehead atoms. The number of pyridine rings is 2. The van der Waals surface area contributed by atoms with Gasteiger partial charge in [-0.05, 0) is 43.0 Å². The van der Waals surface area contributed by atoms with Crippen LogP contribution in [-0.2, 0) is 27.8 Å². The average Bonchev–Trinajstić information content (AvgIpc) is 3.49. The van der Waals surface area contributed by atoms with E-state index in [2.05, 4.69) is 20.6 Å². The fourth-order valence-electron chi connectivity index (χ4n) is 6.30. The molecule has 2 aromatic heterocycles. The monoisotopic (exact) mass is 590 g/mol. The SMILES string of the molecule is CC#N.C[C@@H]1[C@H](c2ccccc2)C[C@H](NC(=O)c2cnc3c(c2)C[C@@]2(C3)C(=O)Nc3ncccc32)C(=O)N1CC(F)(F)F. The topological polar surface area (TPSA) is 128 Å². The van der Waals surface area contributed by atoms with Gasteiger partial charge in [0.1, 0.15) is 18.4 Å². The van der Waals surface area contributed by atoms with E-state index >= 15 is 0 Å². The average molecular weight is 591 g/mol. The van der Waals surface area contributed by atoms with Crippen LogP contribution in [0.4, 0.5) is 19.0 Å². The van der Waals surface area contributed by atoms with Crippen LogP contribution in [0, 0.1) is 11.3 Å². The number of benzene rings is 1. The number of rotatable bonds is 4. The number of fused-ring (bicyclic) bond motifs is 3. The second-order valence-electron chi connectivity index (χ2n) is 10.9. The number of nitrogens with zero attached hydrogens (tertiary/aromatic N) is 4. The standard InChI is InChI=1S/C29H26F3N5O3.C2H3N/c1-16-20(17-6-3-2-4-7-17)11-22(26(39)37(16)15-29(30,31)32)35-25(38)19-10-18-12-28(13-23(18)34-14-19)21-8-5-9-33-24(21)36-27(28)40;1-2-3/h2-10,14,16,20,22H,11-13,15H2,1H3,(H,35,38)(H,33,36,40);1H3/t16-,20-,22+,28+;/m1./s1. The molecule has 4 atom stereocenters. The first-order chi connectivity index (χ1) is 20.5. The van der Waals surface area contributed by atoms with Crippen LogP contribution in [0.1, 0.15) is 58.9 Å². The predicted molar refractivity (Wildman–Crippen MR) is 150 cm³/mol. The molecule has 1 spiro atoms. The van der Waals surface area contributed by atoms with E-state index in [-0.39, 0.29) is 17.9 Å². The Labute approximate surface area is 246 Å². The molecule has 1 aromatic carbocycles. The first-order valence-electron chi connectivity index (χ1n) is 13.8. The van der Waals surface area contributed by atoms with Crippen molar-refractivity contribution < 1.29 is 27.6 Å². The van der Waals surface area contributed by atoms with Crippen molar-refractivity contribution in [1.29, 1.82) is 5.26 Å². The van der Waals surface area contributed by atoms with Crippen LogP contribution < -0.4 is 10.6 Å². The number of carbonyl (C=O) groups excluding carboxylic acids is 3. The summed E-state index contributed by atoms with van der Waals surface area (Å²) in [6.45, 7) is 1.63. The fraction of sp³-hybridized carbons (Fsp3) is 0.355. The molecule has 3 aliphatic rings. The molecule has 2 aliphatic heterocycles. The Morgan fingerprint density at radius 3 is 2.58 bits per heavy atom. The van der Waals surface area contributed by atoms with Gasteiger partial charge in [-0.2, -0.15) is 18.4 Å². The van der Waals surface area contributed by atoms with Crippen molar-refractivity contribution in [1.82, 2.24) is 20.2 Å². The summed E-state index contributed by atoms with van der Waals surface area (Å²) < 4.78 is 40.3. The Kier molecular flexibility index (Phi) is 7.92. The molecule has 0 saturated carbocycles. The zero-order valence-electron chi connectivity index (χ0n) is 23.5. The van der Waals surface area contributed by atoms with Crippen molar-refractivity contribution in [2.75, 3.05) is 11.9 Å². The number of carbonyl (C=O) groups is 3. The lowest BCUT2D eigenvalue weighted by atomic mass is 9.80. The number of halogens is 3. The second-order valence-corrected chi connectivity index (χ2v) is 10.9. The molecule has 43 heavy (non-hydrogen) atoms. The number of likely N-dealkylation sites (tertiary alicyclic amines) is 1. The third-order valence-corrected chi connectivity index (χ3v) is 8.30. The molecular weight excluding hydrogens is 561 g/mol. The third-order valence-electron chi connectivity index (χ3n) is 8.30. The Hall–Kier alpha value is -4.79. The van der Waals surface area contributed by atoms with Crippen LogP contribution in [0.2, 0.25) is 0 Å². The van der Waals surface area contributed by atoms with Gasteiger partial charge in [0, 0.05) is 49.0 Å². The van der Waals surface area contributed by atoms with E-state index < -0.39 is 48.0 Å². The maximum absolute atomic E-state index is 13.4. The van der Waals surface area contributed by atoms with Gasteiger partial charge in [-0.1, -0.05) is 36.4 Å². The normalized spacial score (nSPS) is 23.9. The molecule has 1 saturated heterocycles. The minimum atomic E-state index is -4.59. The molecule has 4 heterocycles. The molecule has 2 N–H and O–H groups in total. The van der Waals surface area contributed by atoms with E-state index in [0.29, 0.717) is 24.4 Å². The summed E-state index contributed by atoms with van der Waals surface area (Å²) in [7, 11) is 0. The van der Waals surface area contributed by atoms with E-state index in [4.69, 9.17) is 5.26 Å². The molecule has 0 radical (unpaired) electrons. The van der Waals surface area contributed by atoms with Gasteiger partial charge in [0.25, 0.3) is 5.91 Å². The lowest BCUT2D eigenvalue weighted by Gasteiger charge is -2.43. The largest absolute Gasteiger partial charge is 0.406 e. The highest BCUT2D eigenvalue weighted by Crippen LogP contribution is 2.46. The van der Waals surface area contributed by atoms with Crippen LogP contribution in [0.25, 0.3) is 0 Å². The summed E-state index contributed by atoms with van der Waals surface area (Å²) >= 11 is 0. The van der Waals surface area contributed by atoms with Crippen molar-refractivity contribution in [2.24, 2.45) is 0 Å². The Morgan fingerprint density at radius 1 is 1.16 bits per heavy atom. The summed E-state index contributed by atoms with van der Waals surface area (Å²) in [4.78, 5) is 49.0. The first kappa shape index (κ1) is 29.7. The van der Waals surface area contributed by atoms with Gasteiger partial charge >= 0.3 is 6.18 Å². The number of alkyl halides is 3. The maximum Gasteiger partial charge on any atom is 0.406 e. The molecule has 1 fully saturated rings. The first-order valence-corrected chi connectivity index (χ1v) is 13.8. The fourth-order valence-corrected chi connectivity index (χ4v) is 6.30. The van der Waals surface area contributed by atoms with Gasteiger partial charge in [0.05, 0.1) is 17.0 Å². The van der Waals surface area contributed by atoms with Gasteiger partial charge < -0.3 is 15.5 Å². The second kappa shape index (κ2) is 11.5. The van der Waals surface area contributed by atoms with Crippen molar-refractivity contribution in [3.05, 3.63) is 88.9 Å². The summed E-state index contributed by atoms with van der Waals surface area (Å²) in [5, 5.41) is 12.8. The summed E-state index contributed by atoms with van der Waals surface area (Å²) in [6.07, 6.45) is -0.753. The summed E-state index contributed by atoms with van der Waals surface area (Å²) in [6, 6.07) is 14.2. The highest BCUT2D eigenvalue weighted by Gasteiger charge is 2.52. The summed E-state index contributed by atoms with van der Waals surface area (Å²) in [5.74, 6) is -1.45. The molecule has 222 valence electrons. The minimum absolute atomic E-state index is 0.162. The lowest BCUT2D eigenvalue weighted by molar-refractivity contribution is -0.170. The number of piperidine rings is 1. The smallest absolute Gasteiger partial charge is 0.340 e. The van der Waals surface area contributed by atoms with Crippen molar-refractivity contribution in [2.45, 2.75) is 62.7 Å². The van der Waals surface area contributed by atoms with E-state index in [1.54, 1.807) is 43.5 Å². The highest BCUT2D eigenvalue weighted by molar-refractivity contribution is 6.06. The van der Waals surface area contributed by atoms with Crippen LogP contribution in [0.5, 0.6) is 0 Å². The predicted octanol–water partition coefficient (Wildman–Crippen LogP) is 4.06. The molecule has 0 unspecified atom stereocenters.